The lowest BCUT2D eigenvalue weighted by molar-refractivity contribution is -0.112. The second-order valence-corrected chi connectivity index (χ2v) is 7.84. The molecule has 2 aromatic heterocycles. The fourth-order valence-electron chi connectivity index (χ4n) is 3.08. The molecule has 2 heterocycles. The van der Waals surface area contributed by atoms with E-state index < -0.39 is 5.91 Å². The van der Waals surface area contributed by atoms with Crippen LogP contribution < -0.4 is 5.32 Å². The van der Waals surface area contributed by atoms with Crippen LogP contribution in [0.25, 0.3) is 22.3 Å². The number of benzene rings is 2. The molecule has 0 fully saturated rings. The molecular formula is C24H18FN5OS. The van der Waals surface area contributed by atoms with E-state index in [0.717, 1.165) is 23.4 Å². The van der Waals surface area contributed by atoms with Crippen molar-refractivity contribution in [3.8, 4) is 22.3 Å². The van der Waals surface area contributed by atoms with Gasteiger partial charge in [-0.3, -0.25) is 10.1 Å². The number of carbonyl (C=O) groups is 1. The first-order valence-corrected chi connectivity index (χ1v) is 10.7. The normalized spacial score (nSPS) is 11.2. The first-order chi connectivity index (χ1) is 15.6. The Labute approximate surface area is 188 Å². The van der Waals surface area contributed by atoms with Gasteiger partial charge in [-0.2, -0.15) is 5.26 Å². The van der Waals surface area contributed by atoms with Gasteiger partial charge < -0.3 is 4.57 Å². The number of aromatic nitrogens is 3. The van der Waals surface area contributed by atoms with Crippen LogP contribution in [-0.2, 0) is 11.2 Å². The van der Waals surface area contributed by atoms with Crippen molar-refractivity contribution >= 4 is 28.5 Å². The van der Waals surface area contributed by atoms with Crippen LogP contribution in [0.2, 0.25) is 0 Å². The molecule has 2 aromatic carbocycles. The lowest BCUT2D eigenvalue weighted by Gasteiger charge is -2.08. The monoisotopic (exact) mass is 443 g/mol. The van der Waals surface area contributed by atoms with E-state index in [0.29, 0.717) is 16.3 Å². The van der Waals surface area contributed by atoms with E-state index in [2.05, 4.69) is 34.6 Å². The molecule has 0 atom stereocenters. The minimum absolute atomic E-state index is 0.0614. The van der Waals surface area contributed by atoms with E-state index in [-0.39, 0.29) is 16.5 Å². The highest BCUT2D eigenvalue weighted by atomic mass is 32.1. The molecular weight excluding hydrogens is 425 g/mol. The number of nitrogens with one attached hydrogen (secondary N) is 1. The molecule has 0 unspecified atom stereocenters. The molecule has 6 nitrogen and oxygen atoms in total. The van der Waals surface area contributed by atoms with Crippen LogP contribution in [0.4, 0.5) is 9.52 Å². The molecule has 1 amide bonds. The van der Waals surface area contributed by atoms with Gasteiger partial charge in [0.2, 0.25) is 5.13 Å². The third kappa shape index (κ3) is 4.63. The molecule has 1 N–H and O–H groups in total. The first-order valence-electron chi connectivity index (χ1n) is 9.86. The molecule has 8 heteroatoms. The van der Waals surface area contributed by atoms with E-state index in [9.17, 15) is 14.4 Å². The van der Waals surface area contributed by atoms with E-state index in [1.165, 1.54) is 23.8 Å². The zero-order valence-corrected chi connectivity index (χ0v) is 17.9. The van der Waals surface area contributed by atoms with Crippen LogP contribution in [0.1, 0.15) is 18.2 Å². The Balaban J connectivity index is 1.53. The van der Waals surface area contributed by atoms with Gasteiger partial charge in [-0.25, -0.2) is 4.39 Å². The van der Waals surface area contributed by atoms with Crippen molar-refractivity contribution in [3.05, 3.63) is 89.5 Å². The van der Waals surface area contributed by atoms with Crippen molar-refractivity contribution in [3.63, 3.8) is 0 Å². The number of hydrogen-bond acceptors (Lipinski definition) is 5. The number of halogens is 1. The predicted octanol–water partition coefficient (Wildman–Crippen LogP) is 5.24. The second-order valence-electron chi connectivity index (χ2n) is 6.87. The first kappa shape index (κ1) is 21.2. The number of hydrogen-bond donors (Lipinski definition) is 1. The smallest absolute Gasteiger partial charge is 0.268 e. The van der Waals surface area contributed by atoms with Crippen molar-refractivity contribution in [1.29, 1.82) is 5.26 Å². The Morgan fingerprint density at radius 3 is 2.59 bits per heavy atom. The van der Waals surface area contributed by atoms with E-state index in [4.69, 9.17) is 0 Å². The number of aryl methyl sites for hydroxylation is 1. The van der Waals surface area contributed by atoms with Crippen LogP contribution in [0, 0.1) is 17.1 Å². The summed E-state index contributed by atoms with van der Waals surface area (Å²) < 4.78 is 15.0. The maximum Gasteiger partial charge on any atom is 0.268 e. The molecule has 0 bridgehead atoms. The van der Waals surface area contributed by atoms with Crippen molar-refractivity contribution in [1.82, 2.24) is 14.8 Å². The van der Waals surface area contributed by atoms with Crippen molar-refractivity contribution in [2.45, 2.75) is 13.3 Å². The van der Waals surface area contributed by atoms with Crippen molar-refractivity contribution in [2.24, 2.45) is 0 Å². The van der Waals surface area contributed by atoms with Crippen LogP contribution in [-0.4, -0.2) is 20.7 Å². The Hall–Kier alpha value is -4.09. The number of nitriles is 1. The van der Waals surface area contributed by atoms with Gasteiger partial charge in [0, 0.05) is 23.1 Å². The van der Waals surface area contributed by atoms with Crippen molar-refractivity contribution < 1.29 is 9.18 Å². The van der Waals surface area contributed by atoms with Crippen LogP contribution >= 0.6 is 11.3 Å². The van der Waals surface area contributed by atoms with E-state index in [1.54, 1.807) is 12.1 Å². The van der Waals surface area contributed by atoms with Crippen LogP contribution in [0.15, 0.2) is 72.4 Å². The molecule has 0 saturated heterocycles. The minimum atomic E-state index is -0.580. The second kappa shape index (κ2) is 9.37. The summed E-state index contributed by atoms with van der Waals surface area (Å²) in [6, 6.07) is 19.6. The number of carbonyl (C=O) groups excluding carboxylic acids is 1. The summed E-state index contributed by atoms with van der Waals surface area (Å²) >= 11 is 1.14. The van der Waals surface area contributed by atoms with E-state index in [1.807, 2.05) is 41.1 Å². The molecule has 0 aliphatic carbocycles. The van der Waals surface area contributed by atoms with Gasteiger partial charge in [0.05, 0.1) is 0 Å². The highest BCUT2D eigenvalue weighted by Gasteiger charge is 2.15. The molecule has 0 spiro atoms. The molecule has 32 heavy (non-hydrogen) atoms. The lowest BCUT2D eigenvalue weighted by Crippen LogP contribution is -2.13. The standard InChI is InChI=1S/C24H18FN5OS/c1-2-16-5-11-20(12-6-16)30-13-3-4-21(30)14-18(15-26)22(31)27-24-29-28-23(32-24)17-7-9-19(25)10-8-17/h3-14H,2H2,1H3,(H,27,29,31). The van der Waals surface area contributed by atoms with Gasteiger partial charge in [0.15, 0.2) is 0 Å². The maximum absolute atomic E-state index is 13.1. The van der Waals surface area contributed by atoms with E-state index >= 15 is 0 Å². The highest BCUT2D eigenvalue weighted by molar-refractivity contribution is 7.18. The Morgan fingerprint density at radius 1 is 1.16 bits per heavy atom. The predicted molar refractivity (Wildman–Crippen MR) is 123 cm³/mol. The highest BCUT2D eigenvalue weighted by Crippen LogP contribution is 2.27. The van der Waals surface area contributed by atoms with Crippen molar-refractivity contribution in [2.75, 3.05) is 5.32 Å². The molecule has 4 rings (SSSR count). The fourth-order valence-corrected chi connectivity index (χ4v) is 3.83. The molecule has 4 aromatic rings. The topological polar surface area (TPSA) is 83.6 Å². The summed E-state index contributed by atoms with van der Waals surface area (Å²) in [5, 5.41) is 20.9. The molecule has 0 aliphatic heterocycles. The number of rotatable bonds is 6. The average Bonchev–Trinajstić information content (AvgIpc) is 3.47. The number of anilines is 1. The van der Waals surface area contributed by atoms with Crippen LogP contribution in [0.5, 0.6) is 0 Å². The SMILES string of the molecule is CCc1ccc(-n2cccc2C=C(C#N)C(=O)Nc2nnc(-c3ccc(F)cc3)s2)cc1. The van der Waals surface area contributed by atoms with Gasteiger partial charge in [-0.15, -0.1) is 10.2 Å². The zero-order valence-electron chi connectivity index (χ0n) is 17.1. The Morgan fingerprint density at radius 2 is 1.91 bits per heavy atom. The molecule has 158 valence electrons. The Bertz CT molecular complexity index is 1310. The molecule has 0 saturated carbocycles. The minimum Gasteiger partial charge on any atom is -0.317 e. The van der Waals surface area contributed by atoms with Gasteiger partial charge in [0.25, 0.3) is 5.91 Å². The maximum atomic E-state index is 13.1. The summed E-state index contributed by atoms with van der Waals surface area (Å²) in [6.07, 6.45) is 4.36. The van der Waals surface area contributed by atoms with Crippen LogP contribution in [0.3, 0.4) is 0 Å². The van der Waals surface area contributed by atoms with Gasteiger partial charge >= 0.3 is 0 Å². The number of amides is 1. The zero-order chi connectivity index (χ0) is 22.5. The largest absolute Gasteiger partial charge is 0.317 e. The van der Waals surface area contributed by atoms with Gasteiger partial charge in [-0.1, -0.05) is 30.4 Å². The summed E-state index contributed by atoms with van der Waals surface area (Å²) in [5.41, 5.74) is 3.49. The summed E-state index contributed by atoms with van der Waals surface area (Å²) in [7, 11) is 0. The average molecular weight is 444 g/mol. The fraction of sp³-hybridized carbons (Fsp3) is 0.0833. The third-order valence-electron chi connectivity index (χ3n) is 4.80. The molecule has 0 radical (unpaired) electrons. The number of nitrogens with zero attached hydrogens (tertiary/aromatic N) is 4. The lowest BCUT2D eigenvalue weighted by atomic mass is 10.1. The summed E-state index contributed by atoms with van der Waals surface area (Å²) in [5.74, 6) is -0.926. The van der Waals surface area contributed by atoms with Gasteiger partial charge in [0.1, 0.15) is 22.5 Å². The Kier molecular flexibility index (Phi) is 6.19. The summed E-state index contributed by atoms with van der Waals surface area (Å²) in [6.45, 7) is 2.09. The molecule has 0 aliphatic rings. The quantitative estimate of drug-likeness (QED) is 0.326. The van der Waals surface area contributed by atoms with Gasteiger partial charge in [-0.05, 0) is 66.6 Å². The summed E-state index contributed by atoms with van der Waals surface area (Å²) in [4.78, 5) is 12.7. The third-order valence-corrected chi connectivity index (χ3v) is 5.68.